The third kappa shape index (κ3) is 13.5. The average Bonchev–Trinajstić information content (AvgIpc) is 2.72. The van der Waals surface area contributed by atoms with Crippen LogP contribution in [0.3, 0.4) is 0 Å². The maximum absolute atomic E-state index is 12.8. The van der Waals surface area contributed by atoms with Crippen LogP contribution >= 0.6 is 0 Å². The fourth-order valence-electron chi connectivity index (χ4n) is 2.89. The first-order valence-electron chi connectivity index (χ1n) is 10.8. The van der Waals surface area contributed by atoms with Gasteiger partial charge in [-0.3, -0.25) is 28.8 Å². The Morgan fingerprint density at radius 2 is 1.23 bits per heavy atom. The van der Waals surface area contributed by atoms with E-state index in [2.05, 4.69) is 16.0 Å². The van der Waals surface area contributed by atoms with Crippen molar-refractivity contribution in [3.63, 3.8) is 0 Å². The predicted molar refractivity (Wildman–Crippen MR) is 120 cm³/mol. The van der Waals surface area contributed by atoms with Crippen LogP contribution in [0.25, 0.3) is 0 Å². The summed E-state index contributed by atoms with van der Waals surface area (Å²) in [5, 5.41) is 24.8. The van der Waals surface area contributed by atoms with Crippen molar-refractivity contribution in [2.24, 2.45) is 23.1 Å². The number of nitrogens with two attached hydrogens (primary N) is 3. The second kappa shape index (κ2) is 15.2. The minimum atomic E-state index is -1.58. The van der Waals surface area contributed by atoms with Crippen LogP contribution in [0.2, 0.25) is 0 Å². The molecule has 0 rings (SSSR count). The zero-order chi connectivity index (χ0) is 27.3. The monoisotopic (exact) mass is 502 g/mol. The molecule has 0 saturated carbocycles. The summed E-state index contributed by atoms with van der Waals surface area (Å²) >= 11 is 0. The van der Waals surface area contributed by atoms with E-state index in [4.69, 9.17) is 22.3 Å². The molecular formula is C20H34N6O9. The van der Waals surface area contributed by atoms with Crippen molar-refractivity contribution in [3.05, 3.63) is 0 Å². The largest absolute Gasteiger partial charge is 0.481 e. The fraction of sp³-hybridized carbons (Fsp3) is 0.650. The second-order valence-electron chi connectivity index (χ2n) is 8.37. The van der Waals surface area contributed by atoms with Gasteiger partial charge in [0, 0.05) is 12.8 Å². The molecule has 0 aromatic rings. The number of carboxylic acids is 2. The van der Waals surface area contributed by atoms with Gasteiger partial charge in [-0.2, -0.15) is 0 Å². The van der Waals surface area contributed by atoms with E-state index < -0.39 is 78.5 Å². The molecule has 0 aliphatic carbocycles. The lowest BCUT2D eigenvalue weighted by atomic mass is 10.0. The van der Waals surface area contributed by atoms with Crippen LogP contribution in [-0.4, -0.2) is 75.9 Å². The van der Waals surface area contributed by atoms with Crippen molar-refractivity contribution >= 4 is 41.5 Å². The minimum absolute atomic E-state index is 0.0874. The summed E-state index contributed by atoms with van der Waals surface area (Å²) in [6.45, 7) is 3.49. The summed E-state index contributed by atoms with van der Waals surface area (Å²) in [6, 6.07) is -5.60. The molecule has 0 fully saturated rings. The molecule has 0 radical (unpaired) electrons. The number of hydrogen-bond donors (Lipinski definition) is 8. The Hall–Kier alpha value is -3.75. The Morgan fingerprint density at radius 3 is 1.69 bits per heavy atom. The quantitative estimate of drug-likeness (QED) is 0.0991. The summed E-state index contributed by atoms with van der Waals surface area (Å²) in [4.78, 5) is 82.5. The highest BCUT2D eigenvalue weighted by molar-refractivity contribution is 5.96. The summed E-state index contributed by atoms with van der Waals surface area (Å²) in [5.74, 6) is -7.26. The molecule has 15 nitrogen and oxygen atoms in total. The summed E-state index contributed by atoms with van der Waals surface area (Å²) < 4.78 is 0. The molecular weight excluding hydrogens is 468 g/mol. The normalized spacial score (nSPS) is 14.2. The van der Waals surface area contributed by atoms with Gasteiger partial charge < -0.3 is 43.4 Å². The predicted octanol–water partition coefficient (Wildman–Crippen LogP) is -3.10. The Balaban J connectivity index is 5.57. The van der Waals surface area contributed by atoms with Crippen molar-refractivity contribution in [1.29, 1.82) is 0 Å². The molecule has 11 N–H and O–H groups in total. The van der Waals surface area contributed by atoms with Crippen molar-refractivity contribution < 1.29 is 43.8 Å². The zero-order valence-electron chi connectivity index (χ0n) is 19.6. The van der Waals surface area contributed by atoms with Gasteiger partial charge in [0.25, 0.3) is 0 Å². The molecule has 5 amide bonds. The number of carboxylic acid groups (broad SMARTS) is 2. The molecule has 35 heavy (non-hydrogen) atoms. The van der Waals surface area contributed by atoms with Crippen LogP contribution in [0, 0.1) is 5.92 Å². The first kappa shape index (κ1) is 31.2. The van der Waals surface area contributed by atoms with E-state index in [-0.39, 0.29) is 31.6 Å². The third-order valence-corrected chi connectivity index (χ3v) is 4.68. The van der Waals surface area contributed by atoms with Crippen molar-refractivity contribution in [2.75, 3.05) is 0 Å². The topological polar surface area (TPSA) is 274 Å². The Bertz CT molecular complexity index is 817. The Morgan fingerprint density at radius 1 is 0.714 bits per heavy atom. The van der Waals surface area contributed by atoms with Crippen molar-refractivity contribution in [3.8, 4) is 0 Å². The van der Waals surface area contributed by atoms with Crippen LogP contribution in [0.15, 0.2) is 0 Å². The fourth-order valence-corrected chi connectivity index (χ4v) is 2.89. The lowest BCUT2D eigenvalue weighted by Crippen LogP contribution is -2.58. The smallest absolute Gasteiger partial charge is 0.326 e. The molecule has 0 spiro atoms. The lowest BCUT2D eigenvalue weighted by Gasteiger charge is -2.25. The Kier molecular flexibility index (Phi) is 13.6. The van der Waals surface area contributed by atoms with Crippen LogP contribution in [-0.2, 0) is 33.6 Å². The van der Waals surface area contributed by atoms with Gasteiger partial charge in [-0.1, -0.05) is 13.8 Å². The number of aliphatic carboxylic acids is 2. The summed E-state index contributed by atoms with van der Waals surface area (Å²) in [6.07, 6.45) is -1.89. The zero-order valence-corrected chi connectivity index (χ0v) is 19.6. The number of rotatable bonds is 17. The standard InChI is InChI=1S/C20H34N6O9/c1-9(2)7-13(20(34)35)26-18(32)11(4-5-14(22)27)24-19(33)12(8-15(23)28)25-17(31)10(21)3-6-16(29)30/h9-13H,3-8,21H2,1-2H3,(H2,22,27)(H2,23,28)(H,24,33)(H,25,31)(H,26,32)(H,29,30)(H,34,35). The molecule has 0 aliphatic rings. The number of primary amides is 2. The number of carbonyl (C=O) groups excluding carboxylic acids is 5. The minimum Gasteiger partial charge on any atom is -0.481 e. The van der Waals surface area contributed by atoms with Gasteiger partial charge in [-0.15, -0.1) is 0 Å². The van der Waals surface area contributed by atoms with E-state index in [1.807, 2.05) is 0 Å². The molecule has 0 aliphatic heterocycles. The molecule has 0 heterocycles. The van der Waals surface area contributed by atoms with E-state index >= 15 is 0 Å². The first-order chi connectivity index (χ1) is 16.1. The van der Waals surface area contributed by atoms with Crippen LogP contribution in [0.4, 0.5) is 0 Å². The summed E-state index contributed by atoms with van der Waals surface area (Å²) in [5.41, 5.74) is 15.8. The molecule has 4 atom stereocenters. The maximum Gasteiger partial charge on any atom is 0.326 e. The number of amides is 5. The SMILES string of the molecule is CC(C)CC(NC(=O)C(CCC(N)=O)NC(=O)C(CC(N)=O)NC(=O)C(N)CCC(=O)O)C(=O)O. The molecule has 198 valence electrons. The second-order valence-corrected chi connectivity index (χ2v) is 8.37. The van der Waals surface area contributed by atoms with Crippen LogP contribution in [0.1, 0.15) is 52.4 Å². The lowest BCUT2D eigenvalue weighted by molar-refractivity contribution is -0.143. The first-order valence-corrected chi connectivity index (χ1v) is 10.8. The number of carbonyl (C=O) groups is 7. The summed E-state index contributed by atoms with van der Waals surface area (Å²) in [7, 11) is 0. The van der Waals surface area contributed by atoms with Crippen LogP contribution < -0.4 is 33.2 Å². The molecule has 0 aromatic carbocycles. The molecule has 4 unspecified atom stereocenters. The van der Waals surface area contributed by atoms with E-state index in [1.165, 1.54) is 0 Å². The molecule has 15 heteroatoms. The van der Waals surface area contributed by atoms with Crippen molar-refractivity contribution in [1.82, 2.24) is 16.0 Å². The van der Waals surface area contributed by atoms with Crippen LogP contribution in [0.5, 0.6) is 0 Å². The highest BCUT2D eigenvalue weighted by Crippen LogP contribution is 2.07. The van der Waals surface area contributed by atoms with Gasteiger partial charge in [0.1, 0.15) is 18.1 Å². The van der Waals surface area contributed by atoms with E-state index in [0.717, 1.165) is 0 Å². The van der Waals surface area contributed by atoms with Crippen molar-refractivity contribution in [2.45, 2.75) is 76.5 Å². The molecule has 0 bridgehead atoms. The van der Waals surface area contributed by atoms with Gasteiger partial charge in [0.2, 0.25) is 29.5 Å². The molecule has 0 saturated heterocycles. The van der Waals surface area contributed by atoms with Gasteiger partial charge >= 0.3 is 11.9 Å². The maximum atomic E-state index is 12.8. The average molecular weight is 503 g/mol. The van der Waals surface area contributed by atoms with Gasteiger partial charge in [0.15, 0.2) is 0 Å². The Labute approximate surface area is 201 Å². The number of nitrogens with one attached hydrogen (secondary N) is 3. The van der Waals surface area contributed by atoms with Gasteiger partial charge in [-0.25, -0.2) is 4.79 Å². The van der Waals surface area contributed by atoms with Gasteiger partial charge in [0.05, 0.1) is 12.5 Å². The number of hydrogen-bond acceptors (Lipinski definition) is 8. The highest BCUT2D eigenvalue weighted by Gasteiger charge is 2.31. The third-order valence-electron chi connectivity index (χ3n) is 4.68. The van der Waals surface area contributed by atoms with Gasteiger partial charge in [-0.05, 0) is 25.2 Å². The molecule has 0 aromatic heterocycles. The van der Waals surface area contributed by atoms with E-state index in [0.29, 0.717) is 0 Å². The van der Waals surface area contributed by atoms with E-state index in [1.54, 1.807) is 13.8 Å². The van der Waals surface area contributed by atoms with E-state index in [9.17, 15) is 38.7 Å². The highest BCUT2D eigenvalue weighted by atomic mass is 16.4.